The Morgan fingerprint density at radius 1 is 0.700 bits per heavy atom. The standard InChI is InChI=1S/C18H22O2/c1-4-12-13(5-2)16(11-18(20)14(12)6-3)15-9-7-8-10-17(15)19/h7-11,19-20H,4-6H2,1-3H3. The van der Waals surface area contributed by atoms with Crippen molar-refractivity contribution in [2.45, 2.75) is 40.0 Å². The summed E-state index contributed by atoms with van der Waals surface area (Å²) in [5.74, 6) is 0.590. The minimum Gasteiger partial charge on any atom is -0.508 e. The molecule has 2 rings (SSSR count). The van der Waals surface area contributed by atoms with Crippen molar-refractivity contribution in [3.05, 3.63) is 47.0 Å². The predicted molar refractivity (Wildman–Crippen MR) is 83.3 cm³/mol. The molecular formula is C18H22O2. The number of para-hydroxylation sites is 1. The molecule has 2 nitrogen and oxygen atoms in total. The van der Waals surface area contributed by atoms with E-state index in [1.807, 2.05) is 18.2 Å². The number of rotatable bonds is 4. The number of benzene rings is 2. The van der Waals surface area contributed by atoms with Gasteiger partial charge in [-0.25, -0.2) is 0 Å². The molecule has 0 aliphatic rings. The first kappa shape index (κ1) is 14.4. The van der Waals surface area contributed by atoms with Crippen molar-refractivity contribution in [3.63, 3.8) is 0 Å². The van der Waals surface area contributed by atoms with E-state index in [9.17, 15) is 10.2 Å². The average Bonchev–Trinajstić information content (AvgIpc) is 2.46. The Morgan fingerprint density at radius 3 is 1.85 bits per heavy atom. The van der Waals surface area contributed by atoms with Crippen LogP contribution in [0.5, 0.6) is 11.5 Å². The van der Waals surface area contributed by atoms with Crippen LogP contribution in [0.4, 0.5) is 0 Å². The largest absolute Gasteiger partial charge is 0.508 e. The van der Waals surface area contributed by atoms with Crippen LogP contribution in [0.1, 0.15) is 37.5 Å². The number of hydrogen-bond donors (Lipinski definition) is 2. The van der Waals surface area contributed by atoms with E-state index >= 15 is 0 Å². The van der Waals surface area contributed by atoms with Crippen LogP contribution in [0.25, 0.3) is 11.1 Å². The maximum atomic E-state index is 10.3. The van der Waals surface area contributed by atoms with E-state index in [2.05, 4.69) is 20.8 Å². The first-order valence-electron chi connectivity index (χ1n) is 7.28. The molecule has 20 heavy (non-hydrogen) atoms. The summed E-state index contributed by atoms with van der Waals surface area (Å²) in [6.07, 6.45) is 2.60. The minimum atomic E-state index is 0.257. The SMILES string of the molecule is CCc1c(O)cc(-c2ccccc2O)c(CC)c1CC. The van der Waals surface area contributed by atoms with Gasteiger partial charge in [0, 0.05) is 5.56 Å². The molecule has 0 aliphatic heterocycles. The number of phenolic OH excluding ortho intramolecular Hbond substituents is 2. The van der Waals surface area contributed by atoms with Gasteiger partial charge in [-0.05, 0) is 53.6 Å². The van der Waals surface area contributed by atoms with E-state index in [1.165, 1.54) is 11.1 Å². The van der Waals surface area contributed by atoms with E-state index in [4.69, 9.17) is 0 Å². The van der Waals surface area contributed by atoms with Gasteiger partial charge in [0.15, 0.2) is 0 Å². The zero-order valence-corrected chi connectivity index (χ0v) is 12.4. The Balaban J connectivity index is 2.77. The van der Waals surface area contributed by atoms with Crippen molar-refractivity contribution < 1.29 is 10.2 Å². The summed E-state index contributed by atoms with van der Waals surface area (Å²) in [4.78, 5) is 0. The van der Waals surface area contributed by atoms with Gasteiger partial charge in [-0.2, -0.15) is 0 Å². The van der Waals surface area contributed by atoms with Gasteiger partial charge in [-0.3, -0.25) is 0 Å². The molecule has 0 aromatic heterocycles. The molecule has 0 saturated carbocycles. The summed E-state index contributed by atoms with van der Waals surface area (Å²) in [5.41, 5.74) is 5.20. The summed E-state index contributed by atoms with van der Waals surface area (Å²) in [6.45, 7) is 6.30. The summed E-state index contributed by atoms with van der Waals surface area (Å²) in [6, 6.07) is 9.10. The van der Waals surface area contributed by atoms with Gasteiger partial charge < -0.3 is 10.2 Å². The van der Waals surface area contributed by atoms with Crippen LogP contribution < -0.4 is 0 Å². The molecule has 0 radical (unpaired) electrons. The highest BCUT2D eigenvalue weighted by Gasteiger charge is 2.17. The second-order valence-corrected chi connectivity index (χ2v) is 4.96. The molecule has 0 bridgehead atoms. The third-order valence-electron chi connectivity index (χ3n) is 3.90. The van der Waals surface area contributed by atoms with Gasteiger partial charge in [0.1, 0.15) is 11.5 Å². The molecular weight excluding hydrogens is 248 g/mol. The zero-order chi connectivity index (χ0) is 14.7. The Bertz CT molecular complexity index is 615. The van der Waals surface area contributed by atoms with Crippen LogP contribution in [0.2, 0.25) is 0 Å². The summed E-state index contributed by atoms with van der Waals surface area (Å²) >= 11 is 0. The van der Waals surface area contributed by atoms with Gasteiger partial charge in [0.05, 0.1) is 0 Å². The van der Waals surface area contributed by atoms with Crippen molar-refractivity contribution >= 4 is 0 Å². The van der Waals surface area contributed by atoms with Gasteiger partial charge in [-0.15, -0.1) is 0 Å². The Morgan fingerprint density at radius 2 is 1.30 bits per heavy atom. The van der Waals surface area contributed by atoms with Gasteiger partial charge in [0.2, 0.25) is 0 Å². The maximum absolute atomic E-state index is 10.3. The van der Waals surface area contributed by atoms with E-state index in [-0.39, 0.29) is 5.75 Å². The van der Waals surface area contributed by atoms with E-state index in [0.29, 0.717) is 5.75 Å². The molecule has 2 N–H and O–H groups in total. The molecule has 0 unspecified atom stereocenters. The highest BCUT2D eigenvalue weighted by atomic mass is 16.3. The number of hydrogen-bond acceptors (Lipinski definition) is 2. The Labute approximate surface area is 120 Å². The van der Waals surface area contributed by atoms with Crippen molar-refractivity contribution in [3.8, 4) is 22.6 Å². The van der Waals surface area contributed by atoms with Gasteiger partial charge in [-0.1, -0.05) is 39.0 Å². The van der Waals surface area contributed by atoms with E-state index in [0.717, 1.165) is 36.0 Å². The molecule has 0 saturated heterocycles. The molecule has 2 aromatic carbocycles. The fourth-order valence-electron chi connectivity index (χ4n) is 2.98. The maximum Gasteiger partial charge on any atom is 0.123 e. The quantitative estimate of drug-likeness (QED) is 0.861. The van der Waals surface area contributed by atoms with Crippen LogP contribution >= 0.6 is 0 Å². The molecule has 2 aromatic rings. The summed E-state index contributed by atoms with van der Waals surface area (Å²) in [7, 11) is 0. The highest BCUT2D eigenvalue weighted by Crippen LogP contribution is 2.38. The summed E-state index contributed by atoms with van der Waals surface area (Å²) in [5, 5.41) is 20.4. The molecule has 0 atom stereocenters. The minimum absolute atomic E-state index is 0.257. The Kier molecular flexibility index (Phi) is 4.33. The van der Waals surface area contributed by atoms with Crippen molar-refractivity contribution in [2.75, 3.05) is 0 Å². The van der Waals surface area contributed by atoms with Crippen molar-refractivity contribution in [1.82, 2.24) is 0 Å². The predicted octanol–water partition coefficient (Wildman–Crippen LogP) is 4.45. The van der Waals surface area contributed by atoms with E-state index < -0.39 is 0 Å². The first-order chi connectivity index (χ1) is 9.63. The smallest absolute Gasteiger partial charge is 0.123 e. The topological polar surface area (TPSA) is 40.5 Å². The average molecular weight is 270 g/mol. The lowest BCUT2D eigenvalue weighted by Gasteiger charge is -2.19. The van der Waals surface area contributed by atoms with Crippen LogP contribution in [0.15, 0.2) is 30.3 Å². The number of aromatic hydroxyl groups is 2. The fraction of sp³-hybridized carbons (Fsp3) is 0.333. The van der Waals surface area contributed by atoms with E-state index in [1.54, 1.807) is 12.1 Å². The second kappa shape index (κ2) is 6.00. The fourth-order valence-corrected chi connectivity index (χ4v) is 2.98. The van der Waals surface area contributed by atoms with Crippen molar-refractivity contribution in [2.24, 2.45) is 0 Å². The van der Waals surface area contributed by atoms with Crippen LogP contribution in [-0.4, -0.2) is 10.2 Å². The molecule has 0 spiro atoms. The van der Waals surface area contributed by atoms with Gasteiger partial charge in [0.25, 0.3) is 0 Å². The van der Waals surface area contributed by atoms with Crippen LogP contribution in [0.3, 0.4) is 0 Å². The van der Waals surface area contributed by atoms with Gasteiger partial charge >= 0.3 is 0 Å². The molecule has 0 fully saturated rings. The highest BCUT2D eigenvalue weighted by molar-refractivity contribution is 5.76. The van der Waals surface area contributed by atoms with Crippen LogP contribution in [0, 0.1) is 0 Å². The van der Waals surface area contributed by atoms with Crippen molar-refractivity contribution in [1.29, 1.82) is 0 Å². The monoisotopic (exact) mass is 270 g/mol. The van der Waals surface area contributed by atoms with Crippen LogP contribution in [-0.2, 0) is 19.3 Å². The summed E-state index contributed by atoms with van der Waals surface area (Å²) < 4.78 is 0. The third-order valence-corrected chi connectivity index (χ3v) is 3.90. The first-order valence-corrected chi connectivity index (χ1v) is 7.28. The molecule has 0 heterocycles. The lowest BCUT2D eigenvalue weighted by molar-refractivity contribution is 0.467. The number of phenols is 2. The lowest BCUT2D eigenvalue weighted by atomic mass is 9.87. The normalized spacial score (nSPS) is 10.8. The molecule has 2 heteroatoms. The zero-order valence-electron chi connectivity index (χ0n) is 12.4. The second-order valence-electron chi connectivity index (χ2n) is 4.96. The molecule has 0 aliphatic carbocycles. The Hall–Kier alpha value is -1.96. The lowest BCUT2D eigenvalue weighted by Crippen LogP contribution is -2.01. The molecule has 0 amide bonds. The molecule has 106 valence electrons. The third kappa shape index (κ3) is 2.38.